The molecular weight excluding hydrogens is 585 g/mol. The number of hydrogen-bond donors (Lipinski definition) is 3. The fraction of sp³-hybridized carbons (Fsp3) is 0.312. The molecule has 0 aliphatic carbocycles. The van der Waals surface area contributed by atoms with Crippen molar-refractivity contribution < 1.29 is 9.53 Å². The third-order valence-electron chi connectivity index (χ3n) is 7.53. The maximum Gasteiger partial charge on any atom is 0.410 e. The lowest BCUT2D eigenvalue weighted by Crippen LogP contribution is -2.39. The number of likely N-dealkylation sites (tertiary alicyclic amines) is 1. The van der Waals surface area contributed by atoms with E-state index in [2.05, 4.69) is 37.7 Å². The summed E-state index contributed by atoms with van der Waals surface area (Å²) in [4.78, 5) is 26.7. The van der Waals surface area contributed by atoms with E-state index in [4.69, 9.17) is 33.7 Å². The summed E-state index contributed by atoms with van der Waals surface area (Å²) in [6.45, 7) is 2.56. The third kappa shape index (κ3) is 8.95. The van der Waals surface area contributed by atoms with E-state index in [0.717, 1.165) is 66.7 Å². The fourth-order valence-corrected chi connectivity index (χ4v) is 5.44. The molecule has 224 valence electrons. The molecule has 0 unspecified atom stereocenters. The third-order valence-corrected chi connectivity index (χ3v) is 7.99. The Hall–Kier alpha value is -4.08. The minimum absolute atomic E-state index is 0.120. The van der Waals surface area contributed by atoms with Gasteiger partial charge < -0.3 is 26.0 Å². The fourth-order valence-electron chi connectivity index (χ4n) is 5.17. The molecular formula is C32H35Cl2N7O2. The number of carbonyl (C=O) groups excluding carboxylic acids is 1. The van der Waals surface area contributed by atoms with Crippen molar-refractivity contribution in [2.24, 2.45) is 5.92 Å². The summed E-state index contributed by atoms with van der Waals surface area (Å²) in [7, 11) is 0. The maximum absolute atomic E-state index is 12.5. The van der Waals surface area contributed by atoms with Gasteiger partial charge in [0.2, 0.25) is 5.28 Å². The van der Waals surface area contributed by atoms with Gasteiger partial charge >= 0.3 is 6.09 Å². The molecule has 4 aromatic rings. The van der Waals surface area contributed by atoms with Gasteiger partial charge in [-0.25, -0.2) is 9.78 Å². The van der Waals surface area contributed by atoms with Crippen LogP contribution in [-0.4, -0.2) is 45.6 Å². The van der Waals surface area contributed by atoms with Gasteiger partial charge in [-0.3, -0.25) is 4.98 Å². The molecule has 1 saturated heterocycles. The molecule has 2 aromatic heterocycles. The van der Waals surface area contributed by atoms with Crippen LogP contribution >= 0.6 is 23.2 Å². The number of benzene rings is 2. The molecule has 11 heteroatoms. The molecule has 5 rings (SSSR count). The summed E-state index contributed by atoms with van der Waals surface area (Å²) in [5.41, 5.74) is 11.7. The zero-order valence-electron chi connectivity index (χ0n) is 23.8. The highest BCUT2D eigenvalue weighted by Crippen LogP contribution is 2.29. The monoisotopic (exact) mass is 619 g/mol. The van der Waals surface area contributed by atoms with Gasteiger partial charge in [-0.2, -0.15) is 4.98 Å². The minimum Gasteiger partial charge on any atom is -0.445 e. The van der Waals surface area contributed by atoms with Crippen LogP contribution in [0.2, 0.25) is 10.3 Å². The smallest absolute Gasteiger partial charge is 0.410 e. The summed E-state index contributed by atoms with van der Waals surface area (Å²) >= 11 is 12.3. The van der Waals surface area contributed by atoms with Crippen LogP contribution in [-0.2, 0) is 24.2 Å². The van der Waals surface area contributed by atoms with Crippen LogP contribution in [0.15, 0.2) is 73.2 Å². The van der Waals surface area contributed by atoms with Crippen molar-refractivity contribution >= 4 is 52.2 Å². The molecule has 0 saturated carbocycles. The second-order valence-electron chi connectivity index (χ2n) is 10.6. The molecule has 1 fully saturated rings. The molecule has 1 amide bonds. The zero-order valence-corrected chi connectivity index (χ0v) is 25.3. The van der Waals surface area contributed by atoms with Crippen molar-refractivity contribution in [1.29, 1.82) is 0 Å². The molecule has 2 aromatic carbocycles. The van der Waals surface area contributed by atoms with Crippen molar-refractivity contribution in [3.63, 3.8) is 0 Å². The van der Waals surface area contributed by atoms with Crippen molar-refractivity contribution in [3.8, 4) is 0 Å². The van der Waals surface area contributed by atoms with E-state index in [-0.39, 0.29) is 11.4 Å². The number of aryl methyl sites for hydroxylation is 2. The number of carbonyl (C=O) groups is 1. The first-order chi connectivity index (χ1) is 20.9. The SMILES string of the molecule is Nc1cncc(CCc2cc(Nc3nc(Cl)ncc3Cl)ccc2NCCC2CCN(C(=O)OCc3ccccc3)CC2)c1. The van der Waals surface area contributed by atoms with Crippen LogP contribution in [0.4, 0.5) is 27.7 Å². The van der Waals surface area contributed by atoms with E-state index in [1.807, 2.05) is 53.6 Å². The lowest BCUT2D eigenvalue weighted by atomic mass is 9.93. The molecule has 43 heavy (non-hydrogen) atoms. The number of nitrogen functional groups attached to an aromatic ring is 1. The normalized spacial score (nSPS) is 13.5. The number of rotatable bonds is 11. The van der Waals surface area contributed by atoms with Crippen LogP contribution in [0.25, 0.3) is 0 Å². The highest BCUT2D eigenvalue weighted by Gasteiger charge is 2.23. The number of ether oxygens (including phenoxy) is 1. The largest absolute Gasteiger partial charge is 0.445 e. The van der Waals surface area contributed by atoms with Gasteiger partial charge in [-0.05, 0) is 90.6 Å². The van der Waals surface area contributed by atoms with Crippen LogP contribution in [0.1, 0.15) is 36.0 Å². The van der Waals surface area contributed by atoms with Gasteiger partial charge in [0.1, 0.15) is 11.6 Å². The number of nitrogens with zero attached hydrogens (tertiary/aromatic N) is 4. The predicted octanol–water partition coefficient (Wildman–Crippen LogP) is 7.14. The van der Waals surface area contributed by atoms with Crippen LogP contribution in [0, 0.1) is 5.92 Å². The summed E-state index contributed by atoms with van der Waals surface area (Å²) in [5, 5.41) is 7.41. The van der Waals surface area contributed by atoms with Crippen LogP contribution in [0.5, 0.6) is 0 Å². The first-order valence-corrected chi connectivity index (χ1v) is 15.2. The number of piperidine rings is 1. The molecule has 0 spiro atoms. The molecule has 3 heterocycles. The Morgan fingerprint density at radius 1 is 1.00 bits per heavy atom. The number of anilines is 4. The summed E-state index contributed by atoms with van der Waals surface area (Å²) in [5.74, 6) is 0.988. The number of halogens is 2. The van der Waals surface area contributed by atoms with E-state index in [1.165, 1.54) is 6.20 Å². The van der Waals surface area contributed by atoms with E-state index in [9.17, 15) is 4.79 Å². The second kappa shape index (κ2) is 14.9. The number of nitrogens with one attached hydrogen (secondary N) is 2. The van der Waals surface area contributed by atoms with Gasteiger partial charge in [0.15, 0.2) is 5.82 Å². The van der Waals surface area contributed by atoms with Gasteiger partial charge in [0.05, 0.1) is 11.9 Å². The van der Waals surface area contributed by atoms with Crippen LogP contribution < -0.4 is 16.4 Å². The number of hydrogen-bond acceptors (Lipinski definition) is 8. The molecule has 0 radical (unpaired) electrons. The van der Waals surface area contributed by atoms with Crippen molar-refractivity contribution in [2.75, 3.05) is 36.0 Å². The molecule has 1 aliphatic heterocycles. The zero-order chi connectivity index (χ0) is 30.0. The van der Waals surface area contributed by atoms with E-state index < -0.39 is 0 Å². The van der Waals surface area contributed by atoms with Gasteiger partial charge in [0, 0.05) is 43.4 Å². The lowest BCUT2D eigenvalue weighted by Gasteiger charge is -2.31. The quantitative estimate of drug-likeness (QED) is 0.152. The van der Waals surface area contributed by atoms with Crippen molar-refractivity contribution in [3.05, 3.63) is 100 Å². The Morgan fingerprint density at radius 3 is 2.60 bits per heavy atom. The molecule has 9 nitrogen and oxygen atoms in total. The van der Waals surface area contributed by atoms with Gasteiger partial charge in [0.25, 0.3) is 0 Å². The topological polar surface area (TPSA) is 118 Å². The number of aromatic nitrogens is 3. The first kappa shape index (κ1) is 30.4. The van der Waals surface area contributed by atoms with Gasteiger partial charge in [-0.15, -0.1) is 0 Å². The average Bonchev–Trinajstić information content (AvgIpc) is 3.02. The first-order valence-electron chi connectivity index (χ1n) is 14.4. The summed E-state index contributed by atoms with van der Waals surface area (Å²) < 4.78 is 5.51. The Kier molecular flexibility index (Phi) is 10.5. The average molecular weight is 621 g/mol. The Balaban J connectivity index is 1.16. The van der Waals surface area contributed by atoms with Crippen molar-refractivity contribution in [2.45, 2.75) is 38.7 Å². The summed E-state index contributed by atoms with van der Waals surface area (Å²) in [6, 6.07) is 17.9. The molecule has 0 bridgehead atoms. The van der Waals surface area contributed by atoms with E-state index in [1.54, 1.807) is 6.20 Å². The number of nitrogens with two attached hydrogens (primary N) is 1. The standard InChI is InChI=1S/C32H35Cl2N7O2/c33-28-20-38-31(34)40-30(28)39-27-8-9-29(25(17-27)7-6-24-16-26(35)19-36-18-24)37-13-10-22-11-14-41(15-12-22)32(42)43-21-23-4-2-1-3-5-23/h1-5,8-9,16-20,22,37H,6-7,10-15,21,35H2,(H,38,39,40). The lowest BCUT2D eigenvalue weighted by molar-refractivity contribution is 0.0818. The van der Waals surface area contributed by atoms with E-state index in [0.29, 0.717) is 42.1 Å². The highest BCUT2D eigenvalue weighted by molar-refractivity contribution is 6.33. The Morgan fingerprint density at radius 2 is 1.81 bits per heavy atom. The Bertz CT molecular complexity index is 1520. The minimum atomic E-state index is -0.236. The van der Waals surface area contributed by atoms with Crippen LogP contribution in [0.3, 0.4) is 0 Å². The molecule has 4 N–H and O–H groups in total. The second-order valence-corrected chi connectivity index (χ2v) is 11.4. The number of pyridine rings is 1. The maximum atomic E-state index is 12.5. The Labute approximate surface area is 261 Å². The van der Waals surface area contributed by atoms with Gasteiger partial charge in [-0.1, -0.05) is 41.9 Å². The predicted molar refractivity (Wildman–Crippen MR) is 172 cm³/mol. The summed E-state index contributed by atoms with van der Waals surface area (Å²) in [6.07, 6.45) is 9.24. The van der Waals surface area contributed by atoms with Crippen molar-refractivity contribution in [1.82, 2.24) is 19.9 Å². The number of amides is 1. The van der Waals surface area contributed by atoms with E-state index >= 15 is 0 Å². The highest BCUT2D eigenvalue weighted by atomic mass is 35.5. The molecule has 0 atom stereocenters. The molecule has 1 aliphatic rings.